The zero-order valence-electron chi connectivity index (χ0n) is 18.5. The third-order valence-corrected chi connectivity index (χ3v) is 5.11. The van der Waals surface area contributed by atoms with Gasteiger partial charge in [0.05, 0.1) is 17.7 Å². The maximum Gasteiger partial charge on any atom is 0.344 e. The fourth-order valence-electron chi connectivity index (χ4n) is 3.22. The lowest BCUT2D eigenvalue weighted by atomic mass is 10.0. The normalized spacial score (nSPS) is 10.8. The Morgan fingerprint density at radius 3 is 1.93 bits per heavy atom. The van der Waals surface area contributed by atoms with Crippen molar-refractivity contribution in [1.29, 1.82) is 0 Å². The molecule has 0 aliphatic carbocycles. The van der Waals surface area contributed by atoms with Gasteiger partial charge in [0.1, 0.15) is 5.75 Å². The molecule has 2 aromatic rings. The van der Waals surface area contributed by atoms with Crippen LogP contribution in [0.2, 0.25) is 0 Å². The molecule has 4 heteroatoms. The Balaban J connectivity index is 1.88. The molecular formula is C26H34O4. The van der Waals surface area contributed by atoms with Crippen LogP contribution < -0.4 is 4.74 Å². The SMILES string of the molecule is CCCCCCCCCOC(=O)c1ccccc1C(=O)Oc1ccc(C(C)C)cc1. The van der Waals surface area contributed by atoms with Gasteiger partial charge in [-0.3, -0.25) is 0 Å². The number of esters is 2. The predicted octanol–water partition coefficient (Wildman–Crippen LogP) is 6.94. The van der Waals surface area contributed by atoms with Crippen LogP contribution in [0.15, 0.2) is 48.5 Å². The van der Waals surface area contributed by atoms with Gasteiger partial charge in [-0.1, -0.05) is 83.6 Å². The minimum absolute atomic E-state index is 0.218. The molecular weight excluding hydrogens is 376 g/mol. The average molecular weight is 411 g/mol. The van der Waals surface area contributed by atoms with Crippen LogP contribution in [0.25, 0.3) is 0 Å². The number of hydrogen-bond donors (Lipinski definition) is 0. The van der Waals surface area contributed by atoms with Crippen molar-refractivity contribution in [2.45, 2.75) is 71.6 Å². The summed E-state index contributed by atoms with van der Waals surface area (Å²) in [6.45, 7) is 6.78. The van der Waals surface area contributed by atoms with E-state index < -0.39 is 11.9 Å². The second-order valence-electron chi connectivity index (χ2n) is 7.92. The maximum atomic E-state index is 12.6. The van der Waals surface area contributed by atoms with Crippen LogP contribution in [0.5, 0.6) is 5.75 Å². The summed E-state index contributed by atoms with van der Waals surface area (Å²) in [6, 6.07) is 14.1. The van der Waals surface area contributed by atoms with Gasteiger partial charge >= 0.3 is 11.9 Å². The van der Waals surface area contributed by atoms with Crippen LogP contribution in [0.4, 0.5) is 0 Å². The number of hydrogen-bond acceptors (Lipinski definition) is 4. The Kier molecular flexibility index (Phi) is 10.1. The minimum Gasteiger partial charge on any atom is -0.462 e. The molecule has 0 aliphatic heterocycles. The number of carbonyl (C=O) groups is 2. The van der Waals surface area contributed by atoms with E-state index in [-0.39, 0.29) is 11.1 Å². The highest BCUT2D eigenvalue weighted by molar-refractivity contribution is 6.03. The van der Waals surface area contributed by atoms with Gasteiger partial charge in [0.15, 0.2) is 0 Å². The fourth-order valence-corrected chi connectivity index (χ4v) is 3.22. The van der Waals surface area contributed by atoms with Gasteiger partial charge < -0.3 is 9.47 Å². The monoisotopic (exact) mass is 410 g/mol. The van der Waals surface area contributed by atoms with Crippen molar-refractivity contribution < 1.29 is 19.1 Å². The first kappa shape index (κ1) is 23.7. The fraction of sp³-hybridized carbons (Fsp3) is 0.462. The summed E-state index contributed by atoms with van der Waals surface area (Å²) in [7, 11) is 0. The van der Waals surface area contributed by atoms with Crippen LogP contribution in [0.3, 0.4) is 0 Å². The van der Waals surface area contributed by atoms with Crippen molar-refractivity contribution in [2.75, 3.05) is 6.61 Å². The molecule has 0 aromatic heterocycles. The molecule has 0 radical (unpaired) electrons. The van der Waals surface area contributed by atoms with Gasteiger partial charge in [0.2, 0.25) is 0 Å². The zero-order valence-corrected chi connectivity index (χ0v) is 18.5. The van der Waals surface area contributed by atoms with Crippen LogP contribution >= 0.6 is 0 Å². The lowest BCUT2D eigenvalue weighted by Gasteiger charge is -2.11. The van der Waals surface area contributed by atoms with Gasteiger partial charge in [0.25, 0.3) is 0 Å². The van der Waals surface area contributed by atoms with E-state index in [2.05, 4.69) is 20.8 Å². The molecule has 0 N–H and O–H groups in total. The van der Waals surface area contributed by atoms with Crippen molar-refractivity contribution in [3.63, 3.8) is 0 Å². The molecule has 2 rings (SSSR count). The summed E-state index contributed by atoms with van der Waals surface area (Å²) >= 11 is 0. The van der Waals surface area contributed by atoms with Crippen molar-refractivity contribution in [2.24, 2.45) is 0 Å². The quantitative estimate of drug-likeness (QED) is 0.216. The molecule has 0 amide bonds. The molecule has 162 valence electrons. The van der Waals surface area contributed by atoms with E-state index in [1.54, 1.807) is 36.4 Å². The molecule has 0 saturated heterocycles. The second kappa shape index (κ2) is 12.8. The van der Waals surface area contributed by atoms with Crippen LogP contribution in [-0.2, 0) is 4.74 Å². The zero-order chi connectivity index (χ0) is 21.8. The molecule has 0 aliphatic rings. The standard InChI is InChI=1S/C26H34O4/c1-4-5-6-7-8-9-12-19-29-25(27)23-13-10-11-14-24(23)26(28)30-22-17-15-21(16-18-22)20(2)3/h10-11,13-18,20H,4-9,12,19H2,1-3H3. The first-order chi connectivity index (χ1) is 14.5. The van der Waals surface area contributed by atoms with Gasteiger partial charge in [-0.2, -0.15) is 0 Å². The topological polar surface area (TPSA) is 52.6 Å². The highest BCUT2D eigenvalue weighted by atomic mass is 16.5. The first-order valence-electron chi connectivity index (χ1n) is 11.1. The molecule has 0 spiro atoms. The van der Waals surface area contributed by atoms with E-state index in [0.717, 1.165) is 19.3 Å². The number of carbonyl (C=O) groups excluding carboxylic acids is 2. The van der Waals surface area contributed by atoms with E-state index in [1.807, 2.05) is 12.1 Å². The highest BCUT2D eigenvalue weighted by Gasteiger charge is 2.19. The van der Waals surface area contributed by atoms with E-state index >= 15 is 0 Å². The van der Waals surface area contributed by atoms with E-state index in [1.165, 1.54) is 31.2 Å². The average Bonchev–Trinajstić information content (AvgIpc) is 2.75. The molecule has 4 nitrogen and oxygen atoms in total. The molecule has 30 heavy (non-hydrogen) atoms. The third-order valence-electron chi connectivity index (χ3n) is 5.11. The van der Waals surface area contributed by atoms with E-state index in [9.17, 15) is 9.59 Å². The molecule has 0 fully saturated rings. The molecule has 0 bridgehead atoms. The van der Waals surface area contributed by atoms with Gasteiger partial charge in [-0.25, -0.2) is 9.59 Å². The van der Waals surface area contributed by atoms with Crippen LogP contribution in [-0.4, -0.2) is 18.5 Å². The number of rotatable bonds is 12. The number of benzene rings is 2. The van der Waals surface area contributed by atoms with Crippen molar-refractivity contribution in [3.8, 4) is 5.75 Å². The number of unbranched alkanes of at least 4 members (excludes halogenated alkanes) is 6. The Morgan fingerprint density at radius 2 is 1.33 bits per heavy atom. The van der Waals surface area contributed by atoms with Gasteiger partial charge in [0, 0.05) is 0 Å². The summed E-state index contributed by atoms with van der Waals surface area (Å²) < 4.78 is 10.9. The highest BCUT2D eigenvalue weighted by Crippen LogP contribution is 2.20. The van der Waals surface area contributed by atoms with Crippen molar-refractivity contribution in [3.05, 3.63) is 65.2 Å². The van der Waals surface area contributed by atoms with Crippen LogP contribution in [0, 0.1) is 0 Å². The van der Waals surface area contributed by atoms with Crippen molar-refractivity contribution in [1.82, 2.24) is 0 Å². The second-order valence-corrected chi connectivity index (χ2v) is 7.92. The Labute approximate surface area is 180 Å². The summed E-state index contributed by atoms with van der Waals surface area (Å²) in [6.07, 6.45) is 8.07. The largest absolute Gasteiger partial charge is 0.462 e. The molecule has 0 atom stereocenters. The molecule has 0 unspecified atom stereocenters. The van der Waals surface area contributed by atoms with E-state index in [0.29, 0.717) is 18.3 Å². The summed E-state index contributed by atoms with van der Waals surface area (Å²) in [4.78, 5) is 25.1. The van der Waals surface area contributed by atoms with Gasteiger partial charge in [-0.15, -0.1) is 0 Å². The lowest BCUT2D eigenvalue weighted by molar-refractivity contribution is 0.0489. The van der Waals surface area contributed by atoms with Crippen LogP contribution in [0.1, 0.15) is 97.9 Å². The Morgan fingerprint density at radius 1 is 0.767 bits per heavy atom. The summed E-state index contributed by atoms with van der Waals surface area (Å²) in [5.74, 6) is -0.184. The smallest absolute Gasteiger partial charge is 0.344 e. The molecule has 0 saturated carbocycles. The lowest BCUT2D eigenvalue weighted by Crippen LogP contribution is -2.16. The first-order valence-corrected chi connectivity index (χ1v) is 11.1. The Hall–Kier alpha value is -2.62. The predicted molar refractivity (Wildman–Crippen MR) is 120 cm³/mol. The summed E-state index contributed by atoms with van der Waals surface area (Å²) in [5, 5.41) is 0. The van der Waals surface area contributed by atoms with E-state index in [4.69, 9.17) is 9.47 Å². The Bertz CT molecular complexity index is 793. The van der Waals surface area contributed by atoms with Gasteiger partial charge in [-0.05, 0) is 42.2 Å². The molecule has 0 heterocycles. The minimum atomic E-state index is -0.559. The molecule has 2 aromatic carbocycles. The maximum absolute atomic E-state index is 12.6. The number of ether oxygens (including phenoxy) is 2. The third kappa shape index (κ3) is 7.66. The summed E-state index contributed by atoms with van der Waals surface area (Å²) in [5.41, 5.74) is 1.63. The van der Waals surface area contributed by atoms with Crippen molar-refractivity contribution >= 4 is 11.9 Å².